The van der Waals surface area contributed by atoms with Crippen molar-refractivity contribution in [2.75, 3.05) is 5.73 Å². The van der Waals surface area contributed by atoms with Gasteiger partial charge in [0.25, 0.3) is 5.91 Å². The summed E-state index contributed by atoms with van der Waals surface area (Å²) in [6.45, 7) is 4.65. The molecule has 3 N–H and O–H groups in total. The maximum absolute atomic E-state index is 12.0. The van der Waals surface area contributed by atoms with Crippen LogP contribution in [0.2, 0.25) is 0 Å². The normalized spacial score (nSPS) is 10.2. The Kier molecular flexibility index (Phi) is 3.85. The number of aryl methyl sites for hydroxylation is 2. The van der Waals surface area contributed by atoms with Crippen molar-refractivity contribution in [2.24, 2.45) is 0 Å². The van der Waals surface area contributed by atoms with Crippen LogP contribution in [0, 0.1) is 13.8 Å². The van der Waals surface area contributed by atoms with Crippen molar-refractivity contribution in [3.05, 3.63) is 64.7 Å². The number of benzene rings is 2. The Morgan fingerprint density at radius 1 is 1.11 bits per heavy atom. The summed E-state index contributed by atoms with van der Waals surface area (Å²) in [5.74, 6) is -0.0834. The number of rotatable bonds is 3. The summed E-state index contributed by atoms with van der Waals surface area (Å²) in [6.07, 6.45) is 0. The van der Waals surface area contributed by atoms with Gasteiger partial charge in [0.15, 0.2) is 0 Å². The molecule has 0 bridgehead atoms. The van der Waals surface area contributed by atoms with Crippen LogP contribution in [0.4, 0.5) is 5.69 Å². The lowest BCUT2D eigenvalue weighted by Crippen LogP contribution is -2.23. The Morgan fingerprint density at radius 2 is 1.79 bits per heavy atom. The lowest BCUT2D eigenvalue weighted by molar-refractivity contribution is 0.0951. The zero-order valence-electron chi connectivity index (χ0n) is 11.2. The van der Waals surface area contributed by atoms with Crippen LogP contribution >= 0.6 is 0 Å². The molecule has 0 fully saturated rings. The van der Waals surface area contributed by atoms with Crippen molar-refractivity contribution in [1.29, 1.82) is 0 Å². The molecule has 0 unspecified atom stereocenters. The van der Waals surface area contributed by atoms with Gasteiger partial charge in [0.1, 0.15) is 0 Å². The molecular weight excluding hydrogens is 236 g/mol. The summed E-state index contributed by atoms with van der Waals surface area (Å²) < 4.78 is 0. The number of hydrogen-bond acceptors (Lipinski definition) is 2. The van der Waals surface area contributed by atoms with Crippen LogP contribution < -0.4 is 11.1 Å². The van der Waals surface area contributed by atoms with Crippen LogP contribution in [-0.4, -0.2) is 5.91 Å². The molecular formula is C16H18N2O. The Hall–Kier alpha value is -2.29. The molecule has 0 aliphatic heterocycles. The molecule has 0 aliphatic carbocycles. The summed E-state index contributed by atoms with van der Waals surface area (Å²) >= 11 is 0. The van der Waals surface area contributed by atoms with Gasteiger partial charge in [0.05, 0.1) is 0 Å². The fraction of sp³-hybridized carbons (Fsp3) is 0.188. The summed E-state index contributed by atoms with van der Waals surface area (Å²) in [4.78, 5) is 12.0. The van der Waals surface area contributed by atoms with Crippen molar-refractivity contribution in [3.8, 4) is 0 Å². The van der Waals surface area contributed by atoms with Crippen molar-refractivity contribution in [3.63, 3.8) is 0 Å². The molecule has 0 aliphatic rings. The van der Waals surface area contributed by atoms with E-state index in [0.29, 0.717) is 17.8 Å². The fourth-order valence-electron chi connectivity index (χ4n) is 1.96. The third-order valence-electron chi connectivity index (χ3n) is 3.11. The Balaban J connectivity index is 2.02. The standard InChI is InChI=1S/C16H18N2O/c1-11-3-4-14(12(2)9-11)10-18-16(19)13-5-7-15(17)8-6-13/h3-9H,10,17H2,1-2H3,(H,18,19). The van der Waals surface area contributed by atoms with E-state index in [-0.39, 0.29) is 5.91 Å². The second-order valence-electron chi connectivity index (χ2n) is 4.73. The first-order valence-corrected chi connectivity index (χ1v) is 6.26. The first kappa shape index (κ1) is 13.1. The minimum Gasteiger partial charge on any atom is -0.399 e. The van der Waals surface area contributed by atoms with Crippen LogP contribution in [0.15, 0.2) is 42.5 Å². The second kappa shape index (κ2) is 5.57. The molecule has 3 nitrogen and oxygen atoms in total. The molecule has 0 radical (unpaired) electrons. The largest absolute Gasteiger partial charge is 0.399 e. The van der Waals surface area contributed by atoms with Gasteiger partial charge in [-0.1, -0.05) is 23.8 Å². The summed E-state index contributed by atoms with van der Waals surface area (Å²) in [6, 6.07) is 13.1. The molecule has 2 aromatic rings. The number of carbonyl (C=O) groups is 1. The predicted molar refractivity (Wildman–Crippen MR) is 77.9 cm³/mol. The van der Waals surface area contributed by atoms with E-state index in [1.165, 1.54) is 11.1 Å². The van der Waals surface area contributed by atoms with E-state index in [1.807, 2.05) is 6.07 Å². The van der Waals surface area contributed by atoms with Crippen LogP contribution in [0.5, 0.6) is 0 Å². The topological polar surface area (TPSA) is 55.1 Å². The van der Waals surface area contributed by atoms with Gasteiger partial charge in [-0.15, -0.1) is 0 Å². The van der Waals surface area contributed by atoms with Crippen molar-refractivity contribution in [2.45, 2.75) is 20.4 Å². The molecule has 19 heavy (non-hydrogen) atoms. The van der Waals surface area contributed by atoms with Crippen LogP contribution in [0.1, 0.15) is 27.0 Å². The molecule has 98 valence electrons. The van der Waals surface area contributed by atoms with Gasteiger partial charge < -0.3 is 11.1 Å². The molecule has 1 amide bonds. The molecule has 2 aromatic carbocycles. The molecule has 0 heterocycles. The Bertz CT molecular complexity index is 588. The summed E-state index contributed by atoms with van der Waals surface area (Å²) in [5, 5.41) is 2.92. The van der Waals surface area contributed by atoms with E-state index < -0.39 is 0 Å². The maximum atomic E-state index is 12.0. The van der Waals surface area contributed by atoms with Crippen LogP contribution in [0.25, 0.3) is 0 Å². The van der Waals surface area contributed by atoms with Crippen LogP contribution in [-0.2, 0) is 6.54 Å². The summed E-state index contributed by atoms with van der Waals surface area (Å²) in [7, 11) is 0. The Labute approximate surface area is 113 Å². The highest BCUT2D eigenvalue weighted by molar-refractivity contribution is 5.94. The first-order chi connectivity index (χ1) is 9.06. The van der Waals surface area contributed by atoms with Gasteiger partial charge in [0.2, 0.25) is 0 Å². The van der Waals surface area contributed by atoms with Gasteiger partial charge in [-0.3, -0.25) is 4.79 Å². The second-order valence-corrected chi connectivity index (χ2v) is 4.73. The average molecular weight is 254 g/mol. The lowest BCUT2D eigenvalue weighted by Gasteiger charge is -2.09. The monoisotopic (exact) mass is 254 g/mol. The Morgan fingerprint density at radius 3 is 2.42 bits per heavy atom. The highest BCUT2D eigenvalue weighted by Crippen LogP contribution is 2.11. The van der Waals surface area contributed by atoms with Crippen molar-refractivity contribution >= 4 is 11.6 Å². The number of anilines is 1. The van der Waals surface area contributed by atoms with Crippen molar-refractivity contribution in [1.82, 2.24) is 5.32 Å². The zero-order chi connectivity index (χ0) is 13.8. The lowest BCUT2D eigenvalue weighted by atomic mass is 10.1. The van der Waals surface area contributed by atoms with E-state index >= 15 is 0 Å². The maximum Gasteiger partial charge on any atom is 0.251 e. The zero-order valence-corrected chi connectivity index (χ0v) is 11.2. The van der Waals surface area contributed by atoms with Gasteiger partial charge >= 0.3 is 0 Å². The highest BCUT2D eigenvalue weighted by atomic mass is 16.1. The van der Waals surface area contributed by atoms with E-state index in [2.05, 4.69) is 31.3 Å². The predicted octanol–water partition coefficient (Wildman–Crippen LogP) is 2.82. The molecule has 0 saturated heterocycles. The molecule has 0 aromatic heterocycles. The quantitative estimate of drug-likeness (QED) is 0.827. The van der Waals surface area contributed by atoms with E-state index in [9.17, 15) is 4.79 Å². The molecule has 2 rings (SSSR count). The fourth-order valence-corrected chi connectivity index (χ4v) is 1.96. The van der Waals surface area contributed by atoms with Gasteiger partial charge in [-0.2, -0.15) is 0 Å². The third-order valence-corrected chi connectivity index (χ3v) is 3.11. The average Bonchev–Trinajstić information content (AvgIpc) is 2.38. The molecule has 0 saturated carbocycles. The highest BCUT2D eigenvalue weighted by Gasteiger charge is 2.05. The van der Waals surface area contributed by atoms with E-state index in [0.717, 1.165) is 5.56 Å². The minimum absolute atomic E-state index is 0.0834. The molecule has 3 heteroatoms. The number of amides is 1. The van der Waals surface area contributed by atoms with E-state index in [1.54, 1.807) is 24.3 Å². The van der Waals surface area contributed by atoms with Gasteiger partial charge in [-0.05, 0) is 49.2 Å². The van der Waals surface area contributed by atoms with Gasteiger partial charge in [-0.25, -0.2) is 0 Å². The SMILES string of the molecule is Cc1ccc(CNC(=O)c2ccc(N)cc2)c(C)c1. The van der Waals surface area contributed by atoms with Gasteiger partial charge in [0, 0.05) is 17.8 Å². The van der Waals surface area contributed by atoms with Crippen LogP contribution in [0.3, 0.4) is 0 Å². The number of nitrogen functional groups attached to an aromatic ring is 1. The minimum atomic E-state index is -0.0834. The number of nitrogens with two attached hydrogens (primary N) is 1. The first-order valence-electron chi connectivity index (χ1n) is 6.26. The smallest absolute Gasteiger partial charge is 0.251 e. The van der Waals surface area contributed by atoms with Crippen molar-refractivity contribution < 1.29 is 4.79 Å². The molecule has 0 spiro atoms. The molecule has 0 atom stereocenters. The summed E-state index contributed by atoms with van der Waals surface area (Å²) in [5.41, 5.74) is 10.4. The number of hydrogen-bond donors (Lipinski definition) is 2. The number of nitrogens with one attached hydrogen (secondary N) is 1. The third kappa shape index (κ3) is 3.35. The van der Waals surface area contributed by atoms with E-state index in [4.69, 9.17) is 5.73 Å². The number of carbonyl (C=O) groups excluding carboxylic acids is 1.